The Balaban J connectivity index is 2.74. The lowest BCUT2D eigenvalue weighted by Gasteiger charge is -2.27. The first-order valence-electron chi connectivity index (χ1n) is 5.63. The summed E-state index contributed by atoms with van der Waals surface area (Å²) < 4.78 is 11.5. The number of benzene rings is 1. The average Bonchev–Trinajstić information content (AvgIpc) is 2.27. The lowest BCUT2D eigenvalue weighted by Crippen LogP contribution is -2.32. The molecule has 0 radical (unpaired) electrons. The summed E-state index contributed by atoms with van der Waals surface area (Å²) in [6.45, 7) is 10.4. The summed E-state index contributed by atoms with van der Waals surface area (Å²) in [5.74, 6) is 0.202. The second kappa shape index (κ2) is 5.71. The summed E-state index contributed by atoms with van der Waals surface area (Å²) >= 11 is 0. The molecule has 0 amide bonds. The van der Waals surface area contributed by atoms with Crippen LogP contribution in [0.25, 0.3) is 6.08 Å². The van der Waals surface area contributed by atoms with E-state index in [9.17, 15) is 0 Å². The molecule has 0 N–H and O–H groups in total. The largest absolute Gasteiger partial charge is 0.462 e. The molecular weight excluding hydrogens is 200 g/mol. The molecule has 0 saturated heterocycles. The van der Waals surface area contributed by atoms with E-state index in [4.69, 9.17) is 9.47 Å². The second-order valence-electron chi connectivity index (χ2n) is 4.09. The van der Waals surface area contributed by atoms with Crippen LogP contribution in [0.4, 0.5) is 0 Å². The Labute approximate surface area is 97.9 Å². The van der Waals surface area contributed by atoms with Crippen molar-refractivity contribution in [3.8, 4) is 5.75 Å². The van der Waals surface area contributed by atoms with Crippen LogP contribution in [0.5, 0.6) is 5.75 Å². The lowest BCUT2D eigenvalue weighted by atomic mass is 10.2. The van der Waals surface area contributed by atoms with Crippen molar-refractivity contribution >= 4 is 6.08 Å². The Morgan fingerprint density at radius 1 is 1.31 bits per heavy atom. The van der Waals surface area contributed by atoms with Crippen LogP contribution in [-0.2, 0) is 4.74 Å². The molecule has 0 unspecified atom stereocenters. The second-order valence-corrected chi connectivity index (χ2v) is 4.09. The highest BCUT2D eigenvalue weighted by atomic mass is 16.7. The van der Waals surface area contributed by atoms with Gasteiger partial charge in [-0.25, -0.2) is 0 Å². The van der Waals surface area contributed by atoms with Gasteiger partial charge in [0.25, 0.3) is 0 Å². The molecule has 0 heterocycles. The molecule has 1 aromatic carbocycles. The highest BCUT2D eigenvalue weighted by Crippen LogP contribution is 2.24. The summed E-state index contributed by atoms with van der Waals surface area (Å²) in [6.07, 6.45) is 2.77. The maximum absolute atomic E-state index is 5.83. The third-order valence-electron chi connectivity index (χ3n) is 2.15. The van der Waals surface area contributed by atoms with Gasteiger partial charge in [-0.15, -0.1) is 0 Å². The number of para-hydroxylation sites is 1. The van der Waals surface area contributed by atoms with Crippen molar-refractivity contribution in [1.29, 1.82) is 0 Å². The predicted molar refractivity (Wildman–Crippen MR) is 67.5 cm³/mol. The zero-order valence-corrected chi connectivity index (χ0v) is 10.3. The normalized spacial score (nSPS) is 11.2. The molecule has 0 aliphatic heterocycles. The summed E-state index contributed by atoms with van der Waals surface area (Å²) in [5.41, 5.74) is 0.982. The van der Waals surface area contributed by atoms with Gasteiger partial charge in [-0.2, -0.15) is 0 Å². The van der Waals surface area contributed by atoms with Crippen molar-refractivity contribution in [2.75, 3.05) is 6.61 Å². The highest BCUT2D eigenvalue weighted by molar-refractivity contribution is 5.55. The highest BCUT2D eigenvalue weighted by Gasteiger charge is 2.20. The van der Waals surface area contributed by atoms with Gasteiger partial charge in [0, 0.05) is 19.4 Å². The van der Waals surface area contributed by atoms with Crippen LogP contribution < -0.4 is 4.74 Å². The van der Waals surface area contributed by atoms with E-state index in [2.05, 4.69) is 13.5 Å². The quantitative estimate of drug-likeness (QED) is 0.677. The molecule has 0 aromatic heterocycles. The molecule has 88 valence electrons. The van der Waals surface area contributed by atoms with Crippen LogP contribution in [0.1, 0.15) is 32.8 Å². The van der Waals surface area contributed by atoms with Crippen molar-refractivity contribution in [3.05, 3.63) is 36.4 Å². The monoisotopic (exact) mass is 220 g/mol. The van der Waals surface area contributed by atoms with Gasteiger partial charge < -0.3 is 9.47 Å². The minimum Gasteiger partial charge on any atom is -0.462 e. The zero-order chi connectivity index (χ0) is 12.0. The summed E-state index contributed by atoms with van der Waals surface area (Å²) in [6, 6.07) is 7.80. The molecule has 2 heteroatoms. The van der Waals surface area contributed by atoms with Gasteiger partial charge >= 0.3 is 0 Å². The van der Waals surface area contributed by atoms with Crippen LogP contribution in [0.2, 0.25) is 0 Å². The molecule has 0 aliphatic rings. The van der Waals surface area contributed by atoms with Crippen molar-refractivity contribution in [2.45, 2.75) is 33.0 Å². The molecule has 1 rings (SSSR count). The predicted octanol–water partition coefficient (Wildman–Crippen LogP) is 3.87. The Morgan fingerprint density at radius 2 is 2.00 bits per heavy atom. The molecule has 1 aromatic rings. The Morgan fingerprint density at radius 3 is 2.62 bits per heavy atom. The van der Waals surface area contributed by atoms with Gasteiger partial charge in [-0.3, -0.25) is 0 Å². The van der Waals surface area contributed by atoms with E-state index in [0.29, 0.717) is 6.61 Å². The number of hydrogen-bond acceptors (Lipinski definition) is 2. The van der Waals surface area contributed by atoms with Crippen LogP contribution in [0, 0.1) is 0 Å². The van der Waals surface area contributed by atoms with E-state index in [0.717, 1.165) is 17.7 Å². The van der Waals surface area contributed by atoms with Gasteiger partial charge in [0.2, 0.25) is 5.79 Å². The molecule has 16 heavy (non-hydrogen) atoms. The van der Waals surface area contributed by atoms with Crippen LogP contribution in [0.15, 0.2) is 30.8 Å². The van der Waals surface area contributed by atoms with Crippen LogP contribution in [-0.4, -0.2) is 12.4 Å². The molecule has 0 spiro atoms. The Bertz CT molecular complexity index is 342. The standard InChI is InChI=1S/C14H20O2/c1-5-11-15-14(3,4)16-13-10-8-7-9-12(13)6-2/h6-10H,2,5,11H2,1,3-4H3. The Hall–Kier alpha value is -1.28. The number of hydrogen-bond donors (Lipinski definition) is 0. The maximum atomic E-state index is 5.83. The van der Waals surface area contributed by atoms with Gasteiger partial charge in [-0.05, 0) is 12.5 Å². The molecule has 0 saturated carbocycles. The van der Waals surface area contributed by atoms with Crippen molar-refractivity contribution in [2.24, 2.45) is 0 Å². The molecule has 0 aliphatic carbocycles. The fraction of sp³-hybridized carbons (Fsp3) is 0.429. The smallest absolute Gasteiger partial charge is 0.204 e. The summed E-state index contributed by atoms with van der Waals surface area (Å²) in [7, 11) is 0. The topological polar surface area (TPSA) is 18.5 Å². The molecule has 0 fully saturated rings. The molecule has 0 bridgehead atoms. The van der Waals surface area contributed by atoms with E-state index >= 15 is 0 Å². The van der Waals surface area contributed by atoms with E-state index < -0.39 is 5.79 Å². The van der Waals surface area contributed by atoms with Crippen molar-refractivity contribution in [1.82, 2.24) is 0 Å². The van der Waals surface area contributed by atoms with Gasteiger partial charge in [-0.1, -0.05) is 37.8 Å². The van der Waals surface area contributed by atoms with Crippen molar-refractivity contribution in [3.63, 3.8) is 0 Å². The summed E-state index contributed by atoms with van der Waals surface area (Å²) in [4.78, 5) is 0. The summed E-state index contributed by atoms with van der Waals surface area (Å²) in [5, 5.41) is 0. The molecule has 0 atom stereocenters. The van der Waals surface area contributed by atoms with E-state index in [1.54, 1.807) is 6.08 Å². The van der Waals surface area contributed by atoms with Gasteiger partial charge in [0.05, 0.1) is 6.61 Å². The van der Waals surface area contributed by atoms with Gasteiger partial charge in [0.15, 0.2) is 0 Å². The lowest BCUT2D eigenvalue weighted by molar-refractivity contribution is -0.156. The van der Waals surface area contributed by atoms with Crippen LogP contribution in [0.3, 0.4) is 0 Å². The first kappa shape index (κ1) is 12.8. The first-order chi connectivity index (χ1) is 7.59. The average molecular weight is 220 g/mol. The maximum Gasteiger partial charge on any atom is 0.204 e. The van der Waals surface area contributed by atoms with Crippen LogP contribution >= 0.6 is 0 Å². The zero-order valence-electron chi connectivity index (χ0n) is 10.3. The first-order valence-corrected chi connectivity index (χ1v) is 5.63. The SMILES string of the molecule is C=Cc1ccccc1OC(C)(C)OCCC. The minimum absolute atomic E-state index is 0.602. The van der Waals surface area contributed by atoms with E-state index in [1.165, 1.54) is 0 Å². The number of rotatable bonds is 6. The Kier molecular flexibility index (Phi) is 4.56. The van der Waals surface area contributed by atoms with Crippen molar-refractivity contribution < 1.29 is 9.47 Å². The van der Waals surface area contributed by atoms with E-state index in [-0.39, 0.29) is 0 Å². The van der Waals surface area contributed by atoms with E-state index in [1.807, 2.05) is 38.1 Å². The fourth-order valence-electron chi connectivity index (χ4n) is 1.38. The molecular formula is C14H20O2. The van der Waals surface area contributed by atoms with Gasteiger partial charge in [0.1, 0.15) is 5.75 Å². The third-order valence-corrected chi connectivity index (χ3v) is 2.15. The number of ether oxygens (including phenoxy) is 2. The minimum atomic E-state index is -0.602. The third kappa shape index (κ3) is 3.70. The molecule has 2 nitrogen and oxygen atoms in total. The fourth-order valence-corrected chi connectivity index (χ4v) is 1.38.